The summed E-state index contributed by atoms with van der Waals surface area (Å²) in [7, 11) is 0. The molecule has 0 aliphatic rings. The van der Waals surface area contributed by atoms with Gasteiger partial charge in [0.05, 0.1) is 24.8 Å². The molecule has 0 atom stereocenters. The molecule has 0 saturated heterocycles. The molecule has 3 heterocycles. The van der Waals surface area contributed by atoms with Crippen molar-refractivity contribution < 1.29 is 4.52 Å². The van der Waals surface area contributed by atoms with Gasteiger partial charge in [0.1, 0.15) is 11.5 Å². The van der Waals surface area contributed by atoms with E-state index in [-0.39, 0.29) is 0 Å². The van der Waals surface area contributed by atoms with Crippen LogP contribution >= 0.6 is 0 Å². The van der Waals surface area contributed by atoms with E-state index in [1.54, 1.807) is 31.0 Å². The SMILES string of the molecule is Cc1cc(Cn2cncc2-c2cnccc2N)no1. The van der Waals surface area contributed by atoms with Crippen molar-refractivity contribution in [3.63, 3.8) is 0 Å². The van der Waals surface area contributed by atoms with E-state index in [9.17, 15) is 0 Å². The fourth-order valence-corrected chi connectivity index (χ4v) is 1.96. The molecule has 0 saturated carbocycles. The van der Waals surface area contributed by atoms with Gasteiger partial charge >= 0.3 is 0 Å². The van der Waals surface area contributed by atoms with E-state index in [4.69, 9.17) is 10.3 Å². The molecule has 0 aliphatic heterocycles. The lowest BCUT2D eigenvalue weighted by Gasteiger charge is -2.07. The summed E-state index contributed by atoms with van der Waals surface area (Å²) in [5.41, 5.74) is 9.25. The summed E-state index contributed by atoms with van der Waals surface area (Å²) in [6.45, 7) is 2.45. The molecular weight excluding hydrogens is 242 g/mol. The maximum absolute atomic E-state index is 5.96. The molecule has 0 bridgehead atoms. The van der Waals surface area contributed by atoms with Crippen LogP contribution in [0.3, 0.4) is 0 Å². The average Bonchev–Trinajstić information content (AvgIpc) is 3.00. The number of nitrogens with two attached hydrogens (primary N) is 1. The molecule has 0 unspecified atom stereocenters. The van der Waals surface area contributed by atoms with Crippen LogP contribution in [0.5, 0.6) is 0 Å². The first-order valence-electron chi connectivity index (χ1n) is 5.86. The Morgan fingerprint density at radius 2 is 2.21 bits per heavy atom. The Hall–Kier alpha value is -2.63. The number of aryl methyl sites for hydroxylation is 1. The Kier molecular flexibility index (Phi) is 2.75. The third kappa shape index (κ3) is 2.20. The highest BCUT2D eigenvalue weighted by molar-refractivity contribution is 5.72. The largest absolute Gasteiger partial charge is 0.398 e. The van der Waals surface area contributed by atoms with Crippen LogP contribution in [0.1, 0.15) is 11.5 Å². The molecule has 19 heavy (non-hydrogen) atoms. The predicted molar refractivity (Wildman–Crippen MR) is 70.2 cm³/mol. The van der Waals surface area contributed by atoms with Crippen molar-refractivity contribution >= 4 is 5.69 Å². The molecule has 0 aromatic carbocycles. The summed E-state index contributed by atoms with van der Waals surface area (Å²) in [4.78, 5) is 8.26. The lowest BCUT2D eigenvalue weighted by atomic mass is 10.2. The summed E-state index contributed by atoms with van der Waals surface area (Å²) in [5, 5.41) is 3.98. The first-order chi connectivity index (χ1) is 9.24. The normalized spacial score (nSPS) is 10.8. The van der Waals surface area contributed by atoms with Gasteiger partial charge in [-0.1, -0.05) is 5.16 Å². The molecule has 2 N–H and O–H groups in total. The zero-order valence-electron chi connectivity index (χ0n) is 10.4. The Balaban J connectivity index is 1.97. The van der Waals surface area contributed by atoms with Crippen molar-refractivity contribution in [2.75, 3.05) is 5.73 Å². The van der Waals surface area contributed by atoms with Crippen LogP contribution in [0, 0.1) is 6.92 Å². The fourth-order valence-electron chi connectivity index (χ4n) is 1.96. The van der Waals surface area contributed by atoms with Crippen molar-refractivity contribution in [1.82, 2.24) is 19.7 Å². The first-order valence-corrected chi connectivity index (χ1v) is 5.86. The van der Waals surface area contributed by atoms with Crippen LogP contribution in [0.15, 0.2) is 41.6 Å². The van der Waals surface area contributed by atoms with Gasteiger partial charge in [-0.05, 0) is 13.0 Å². The van der Waals surface area contributed by atoms with Crippen LogP contribution in [0.2, 0.25) is 0 Å². The predicted octanol–water partition coefficient (Wildman–Crippen LogP) is 1.87. The molecule has 0 aliphatic carbocycles. The maximum Gasteiger partial charge on any atom is 0.133 e. The number of nitrogens with zero attached hydrogens (tertiary/aromatic N) is 4. The molecule has 6 nitrogen and oxygen atoms in total. The lowest BCUT2D eigenvalue weighted by molar-refractivity contribution is 0.389. The van der Waals surface area contributed by atoms with Gasteiger partial charge < -0.3 is 14.8 Å². The molecule has 0 amide bonds. The zero-order valence-corrected chi connectivity index (χ0v) is 10.4. The van der Waals surface area contributed by atoms with Crippen molar-refractivity contribution in [3.05, 3.63) is 48.5 Å². The topological polar surface area (TPSA) is 82.8 Å². The maximum atomic E-state index is 5.96. The number of hydrogen-bond donors (Lipinski definition) is 1. The molecule has 3 aromatic heterocycles. The van der Waals surface area contributed by atoms with E-state index < -0.39 is 0 Å². The molecule has 96 valence electrons. The minimum atomic E-state index is 0.584. The second kappa shape index (κ2) is 4.56. The highest BCUT2D eigenvalue weighted by Gasteiger charge is 2.10. The summed E-state index contributed by atoms with van der Waals surface area (Å²) < 4.78 is 7.02. The van der Waals surface area contributed by atoms with Crippen molar-refractivity contribution in [3.8, 4) is 11.3 Å². The Morgan fingerprint density at radius 3 is 2.95 bits per heavy atom. The third-order valence-electron chi connectivity index (χ3n) is 2.85. The Labute approximate surface area is 109 Å². The minimum absolute atomic E-state index is 0.584. The molecule has 3 aromatic rings. The van der Waals surface area contributed by atoms with E-state index in [0.29, 0.717) is 12.2 Å². The highest BCUT2D eigenvalue weighted by atomic mass is 16.5. The van der Waals surface area contributed by atoms with E-state index >= 15 is 0 Å². The zero-order chi connectivity index (χ0) is 13.2. The minimum Gasteiger partial charge on any atom is -0.398 e. The standard InChI is InChI=1S/C13H13N5O/c1-9-4-10(17-19-9)7-18-8-16-6-13(18)11-5-15-3-2-12(11)14/h2-6,8H,7H2,1H3,(H2,14,15). The second-order valence-corrected chi connectivity index (χ2v) is 4.30. The van der Waals surface area contributed by atoms with Crippen LogP contribution in [-0.4, -0.2) is 19.7 Å². The number of hydrogen-bond acceptors (Lipinski definition) is 5. The van der Waals surface area contributed by atoms with Gasteiger partial charge in [-0.15, -0.1) is 0 Å². The number of nitrogen functional groups attached to an aromatic ring is 1. The molecule has 0 radical (unpaired) electrons. The van der Waals surface area contributed by atoms with E-state index in [1.807, 2.05) is 17.6 Å². The van der Waals surface area contributed by atoms with Crippen LogP contribution in [-0.2, 0) is 6.54 Å². The number of pyridine rings is 1. The van der Waals surface area contributed by atoms with Gasteiger partial charge in [-0.25, -0.2) is 4.98 Å². The van der Waals surface area contributed by atoms with Gasteiger partial charge in [0.25, 0.3) is 0 Å². The van der Waals surface area contributed by atoms with Crippen LogP contribution in [0.4, 0.5) is 5.69 Å². The summed E-state index contributed by atoms with van der Waals surface area (Å²) in [5.74, 6) is 0.789. The van der Waals surface area contributed by atoms with Gasteiger partial charge in [0, 0.05) is 29.7 Å². The van der Waals surface area contributed by atoms with Gasteiger partial charge in [-0.2, -0.15) is 0 Å². The second-order valence-electron chi connectivity index (χ2n) is 4.30. The molecular formula is C13H13N5O. The lowest BCUT2D eigenvalue weighted by Crippen LogP contribution is -2.02. The average molecular weight is 255 g/mol. The first kappa shape index (κ1) is 11.5. The van der Waals surface area contributed by atoms with Crippen molar-refractivity contribution in [1.29, 1.82) is 0 Å². The molecule has 6 heteroatoms. The van der Waals surface area contributed by atoms with E-state index in [1.165, 1.54) is 0 Å². The quantitative estimate of drug-likeness (QED) is 0.772. The Bertz CT molecular complexity index is 700. The number of aromatic nitrogens is 4. The number of imidazole rings is 1. The van der Waals surface area contributed by atoms with Crippen LogP contribution in [0.25, 0.3) is 11.3 Å². The van der Waals surface area contributed by atoms with Gasteiger partial charge in [-0.3, -0.25) is 4.98 Å². The van der Waals surface area contributed by atoms with E-state index in [2.05, 4.69) is 15.1 Å². The van der Waals surface area contributed by atoms with Gasteiger partial charge in [0.2, 0.25) is 0 Å². The monoisotopic (exact) mass is 255 g/mol. The summed E-state index contributed by atoms with van der Waals surface area (Å²) >= 11 is 0. The van der Waals surface area contributed by atoms with Crippen molar-refractivity contribution in [2.24, 2.45) is 0 Å². The Morgan fingerprint density at radius 1 is 1.32 bits per heavy atom. The number of rotatable bonds is 3. The van der Waals surface area contributed by atoms with Gasteiger partial charge in [0.15, 0.2) is 0 Å². The number of anilines is 1. The van der Waals surface area contributed by atoms with Crippen molar-refractivity contribution in [2.45, 2.75) is 13.5 Å². The van der Waals surface area contributed by atoms with Crippen LogP contribution < -0.4 is 5.73 Å². The molecule has 0 spiro atoms. The smallest absolute Gasteiger partial charge is 0.133 e. The summed E-state index contributed by atoms with van der Waals surface area (Å²) in [6.07, 6.45) is 6.91. The highest BCUT2D eigenvalue weighted by Crippen LogP contribution is 2.24. The fraction of sp³-hybridized carbons (Fsp3) is 0.154. The molecule has 3 rings (SSSR count). The van der Waals surface area contributed by atoms with E-state index in [0.717, 1.165) is 22.7 Å². The third-order valence-corrected chi connectivity index (χ3v) is 2.85. The molecule has 0 fully saturated rings. The summed E-state index contributed by atoms with van der Waals surface area (Å²) in [6, 6.07) is 3.67.